The fraction of sp³-hybridized carbons (Fsp3) is 0.143. The molecule has 0 aromatic heterocycles. The molecule has 2 amide bonds. The highest BCUT2D eigenvalue weighted by atomic mass is 79.9. The lowest BCUT2D eigenvalue weighted by molar-refractivity contribution is -0.383. The van der Waals surface area contributed by atoms with Crippen molar-refractivity contribution >= 4 is 67.0 Å². The molecule has 0 radical (unpaired) electrons. The zero-order valence-corrected chi connectivity index (χ0v) is 21.8. The van der Waals surface area contributed by atoms with Crippen molar-refractivity contribution in [3.05, 3.63) is 98.5 Å². The van der Waals surface area contributed by atoms with Crippen LogP contribution in [0.2, 0.25) is 0 Å². The normalized spacial score (nSPS) is 12.7. The van der Waals surface area contributed by atoms with Crippen molar-refractivity contribution in [2.24, 2.45) is 0 Å². The predicted molar refractivity (Wildman–Crippen MR) is 149 cm³/mol. The first kappa shape index (κ1) is 24.5. The van der Waals surface area contributed by atoms with Crippen molar-refractivity contribution in [3.8, 4) is 0 Å². The van der Waals surface area contributed by atoms with Crippen LogP contribution in [0.15, 0.2) is 77.3 Å². The topological polar surface area (TPSA) is 95.8 Å². The Morgan fingerprint density at radius 2 is 1.57 bits per heavy atom. The minimum atomic E-state index is -0.595. The molecule has 0 fully saturated rings. The Balaban J connectivity index is 1.64. The van der Waals surface area contributed by atoms with Gasteiger partial charge in [0.05, 0.1) is 16.2 Å². The number of nitrogens with one attached hydrogen (secondary N) is 1. The largest absolute Gasteiger partial charge is 0.372 e. The molecular formula is C28H23BrN4O4. The number of amides is 2. The van der Waals surface area contributed by atoms with Crippen LogP contribution in [0.5, 0.6) is 0 Å². The van der Waals surface area contributed by atoms with E-state index in [0.717, 1.165) is 28.1 Å². The zero-order chi connectivity index (χ0) is 26.3. The van der Waals surface area contributed by atoms with E-state index in [-0.39, 0.29) is 16.9 Å². The van der Waals surface area contributed by atoms with Crippen molar-refractivity contribution < 1.29 is 14.5 Å². The summed E-state index contributed by atoms with van der Waals surface area (Å²) in [6.07, 6.45) is 0. The van der Waals surface area contributed by atoms with Crippen molar-refractivity contribution in [2.45, 2.75) is 13.8 Å². The molecule has 4 aromatic carbocycles. The van der Waals surface area contributed by atoms with Crippen molar-refractivity contribution in [1.29, 1.82) is 0 Å². The van der Waals surface area contributed by atoms with Crippen LogP contribution in [0.25, 0.3) is 10.8 Å². The second kappa shape index (κ2) is 9.67. The molecule has 1 aliphatic rings. The van der Waals surface area contributed by atoms with Gasteiger partial charge in [0.15, 0.2) is 0 Å². The van der Waals surface area contributed by atoms with E-state index in [1.807, 2.05) is 24.3 Å². The summed E-state index contributed by atoms with van der Waals surface area (Å²) in [7, 11) is 0. The van der Waals surface area contributed by atoms with Crippen molar-refractivity contribution in [3.63, 3.8) is 0 Å². The van der Waals surface area contributed by atoms with Crippen LogP contribution in [0, 0.1) is 10.1 Å². The summed E-state index contributed by atoms with van der Waals surface area (Å²) in [6.45, 7) is 5.76. The van der Waals surface area contributed by atoms with Gasteiger partial charge in [-0.05, 0) is 68.4 Å². The smallest absolute Gasteiger partial charge is 0.294 e. The molecule has 0 spiro atoms. The van der Waals surface area contributed by atoms with E-state index in [1.165, 1.54) is 6.07 Å². The second-order valence-electron chi connectivity index (χ2n) is 8.57. The molecular weight excluding hydrogens is 536 g/mol. The van der Waals surface area contributed by atoms with Gasteiger partial charge in [-0.25, -0.2) is 4.90 Å². The van der Waals surface area contributed by atoms with E-state index in [4.69, 9.17) is 0 Å². The Bertz CT molecular complexity index is 1550. The van der Waals surface area contributed by atoms with E-state index in [1.54, 1.807) is 42.5 Å². The molecule has 0 aliphatic carbocycles. The average Bonchev–Trinajstić information content (AvgIpc) is 2.90. The molecule has 37 heavy (non-hydrogen) atoms. The third-order valence-electron chi connectivity index (χ3n) is 6.55. The van der Waals surface area contributed by atoms with Gasteiger partial charge >= 0.3 is 0 Å². The first-order valence-corrected chi connectivity index (χ1v) is 12.6. The first-order chi connectivity index (χ1) is 17.8. The summed E-state index contributed by atoms with van der Waals surface area (Å²) in [5.74, 6) is -1.07. The summed E-state index contributed by atoms with van der Waals surface area (Å²) >= 11 is 3.38. The maximum Gasteiger partial charge on any atom is 0.294 e. The number of carbonyl (C=O) groups is 2. The molecule has 8 nitrogen and oxygen atoms in total. The van der Waals surface area contributed by atoms with Gasteiger partial charge in [0.1, 0.15) is 5.69 Å². The Morgan fingerprint density at radius 3 is 2.19 bits per heavy atom. The van der Waals surface area contributed by atoms with Crippen molar-refractivity contribution in [2.75, 3.05) is 28.2 Å². The van der Waals surface area contributed by atoms with Gasteiger partial charge in [0.2, 0.25) is 0 Å². The number of nitro groups is 1. The van der Waals surface area contributed by atoms with Gasteiger partial charge in [-0.3, -0.25) is 19.7 Å². The maximum absolute atomic E-state index is 13.7. The third-order valence-corrected chi connectivity index (χ3v) is 7.08. The van der Waals surface area contributed by atoms with Crippen LogP contribution in [0.3, 0.4) is 0 Å². The minimum Gasteiger partial charge on any atom is -0.372 e. The molecule has 4 aromatic rings. The molecule has 5 rings (SSSR count). The summed E-state index contributed by atoms with van der Waals surface area (Å²) in [5.41, 5.74) is 2.43. The maximum atomic E-state index is 13.7. The fourth-order valence-corrected chi connectivity index (χ4v) is 5.00. The standard InChI is InChI=1S/C28H23BrN4O4/c1-3-31(4-2)19-12-14-20(15-13-19)32-27(34)22-7-5-6-21-25(22)23(28(32)35)16-24(33(36)37)26(21)30-18-10-8-17(29)9-11-18/h5-16,30H,3-4H2,1-2H3. The Labute approximate surface area is 221 Å². The van der Waals surface area contributed by atoms with E-state index in [2.05, 4.69) is 40.0 Å². The number of nitrogens with zero attached hydrogens (tertiary/aromatic N) is 3. The van der Waals surface area contributed by atoms with Crippen LogP contribution in [0.4, 0.5) is 28.4 Å². The highest BCUT2D eigenvalue weighted by molar-refractivity contribution is 9.10. The number of imide groups is 1. The molecule has 9 heteroatoms. The minimum absolute atomic E-state index is 0.117. The van der Waals surface area contributed by atoms with Crippen LogP contribution in [-0.2, 0) is 0 Å². The average molecular weight is 559 g/mol. The highest BCUT2D eigenvalue weighted by Gasteiger charge is 2.37. The molecule has 0 saturated carbocycles. The number of rotatable bonds is 7. The van der Waals surface area contributed by atoms with Gasteiger partial charge in [-0.15, -0.1) is 0 Å². The van der Waals surface area contributed by atoms with Gasteiger partial charge in [0, 0.05) is 51.3 Å². The van der Waals surface area contributed by atoms with Gasteiger partial charge in [-0.1, -0.05) is 28.1 Å². The summed E-state index contributed by atoms with van der Waals surface area (Å²) in [6, 6.07) is 20.7. The molecule has 0 atom stereocenters. The SMILES string of the molecule is CCN(CC)c1ccc(N2C(=O)c3cccc4c(Nc5ccc(Br)cc5)c([N+](=O)[O-])cc(c34)C2=O)cc1. The first-order valence-electron chi connectivity index (χ1n) is 11.8. The molecule has 186 valence electrons. The molecule has 0 unspecified atom stereocenters. The monoisotopic (exact) mass is 558 g/mol. The Morgan fingerprint density at radius 1 is 0.919 bits per heavy atom. The number of halogens is 1. The highest BCUT2D eigenvalue weighted by Crippen LogP contribution is 2.42. The van der Waals surface area contributed by atoms with Crippen LogP contribution in [-0.4, -0.2) is 29.8 Å². The lowest BCUT2D eigenvalue weighted by Crippen LogP contribution is -2.40. The number of carbonyl (C=O) groups excluding carboxylic acids is 2. The van der Waals surface area contributed by atoms with E-state index in [0.29, 0.717) is 27.7 Å². The second-order valence-corrected chi connectivity index (χ2v) is 9.49. The van der Waals surface area contributed by atoms with E-state index >= 15 is 0 Å². The lowest BCUT2D eigenvalue weighted by Gasteiger charge is -2.28. The predicted octanol–water partition coefficient (Wildman–Crippen LogP) is 6.90. The third kappa shape index (κ3) is 4.21. The molecule has 1 N–H and O–H groups in total. The summed E-state index contributed by atoms with van der Waals surface area (Å²) in [4.78, 5) is 42.1. The van der Waals surface area contributed by atoms with Gasteiger partial charge in [0.25, 0.3) is 17.5 Å². The number of hydrogen-bond donors (Lipinski definition) is 1. The Kier molecular flexibility index (Phi) is 6.39. The number of nitro benzene ring substituents is 1. The molecule has 0 saturated heterocycles. The van der Waals surface area contributed by atoms with E-state index in [9.17, 15) is 19.7 Å². The van der Waals surface area contributed by atoms with Crippen LogP contribution >= 0.6 is 15.9 Å². The summed E-state index contributed by atoms with van der Waals surface area (Å²) < 4.78 is 0.867. The van der Waals surface area contributed by atoms with Crippen molar-refractivity contribution in [1.82, 2.24) is 0 Å². The van der Waals surface area contributed by atoms with Crippen LogP contribution in [0.1, 0.15) is 34.6 Å². The molecule has 0 bridgehead atoms. The molecule has 1 aliphatic heterocycles. The molecule has 1 heterocycles. The lowest BCUT2D eigenvalue weighted by atomic mass is 9.91. The summed E-state index contributed by atoms with van der Waals surface area (Å²) in [5, 5.41) is 16.1. The van der Waals surface area contributed by atoms with E-state index < -0.39 is 16.7 Å². The quantitative estimate of drug-likeness (QED) is 0.150. The van der Waals surface area contributed by atoms with Gasteiger partial charge < -0.3 is 10.2 Å². The number of anilines is 4. The van der Waals surface area contributed by atoms with Crippen LogP contribution < -0.4 is 15.1 Å². The zero-order valence-electron chi connectivity index (χ0n) is 20.2. The fourth-order valence-electron chi connectivity index (χ4n) is 4.74. The number of benzene rings is 4. The number of hydrogen-bond acceptors (Lipinski definition) is 6. The Hall–Kier alpha value is -4.24. The van der Waals surface area contributed by atoms with Gasteiger partial charge in [-0.2, -0.15) is 0 Å².